The van der Waals surface area contributed by atoms with Crippen LogP contribution >= 0.6 is 0 Å². The lowest BCUT2D eigenvalue weighted by Gasteiger charge is -2.14. The summed E-state index contributed by atoms with van der Waals surface area (Å²) in [5.74, 6) is 1.71. The molecule has 70 heavy (non-hydrogen) atoms. The van der Waals surface area contributed by atoms with E-state index >= 15 is 0 Å². The monoisotopic (exact) mass is 893 g/mol. The van der Waals surface area contributed by atoms with E-state index in [0.29, 0.717) is 17.6 Å². The van der Waals surface area contributed by atoms with Crippen molar-refractivity contribution in [1.29, 1.82) is 0 Å². The van der Waals surface area contributed by atoms with Gasteiger partial charge in [-0.25, -0.2) is 4.98 Å². The summed E-state index contributed by atoms with van der Waals surface area (Å²) in [6.07, 6.45) is 0. The van der Waals surface area contributed by atoms with Crippen LogP contribution in [-0.2, 0) is 0 Å². The molecule has 0 amide bonds. The summed E-state index contributed by atoms with van der Waals surface area (Å²) in [6.45, 7) is 0. The molecule has 15 aromatic rings. The number of nitrogens with zero attached hydrogens (tertiary/aromatic N) is 7. The molecule has 0 unspecified atom stereocenters. The molecule has 15 rings (SSSR count). The summed E-state index contributed by atoms with van der Waals surface area (Å²) in [5.41, 5.74) is 13.8. The van der Waals surface area contributed by atoms with Gasteiger partial charge in [-0.1, -0.05) is 164 Å². The average Bonchev–Trinajstić information content (AvgIpc) is 4.16. The highest BCUT2D eigenvalue weighted by Gasteiger charge is 2.25. The van der Waals surface area contributed by atoms with Gasteiger partial charge >= 0.3 is 0 Å². The third kappa shape index (κ3) is 5.60. The number of para-hydroxylation sites is 6. The summed E-state index contributed by atoms with van der Waals surface area (Å²) in [4.78, 5) is 16.3. The van der Waals surface area contributed by atoms with Gasteiger partial charge in [-0.05, 0) is 72.8 Å². The van der Waals surface area contributed by atoms with Gasteiger partial charge in [0, 0.05) is 71.3 Å². The Morgan fingerprint density at radius 3 is 1.20 bits per heavy atom. The Kier molecular flexibility index (Phi) is 8.23. The molecule has 0 radical (unpaired) electrons. The van der Waals surface area contributed by atoms with Crippen LogP contribution in [0.4, 0.5) is 0 Å². The van der Waals surface area contributed by atoms with Crippen molar-refractivity contribution in [2.75, 3.05) is 0 Å². The molecule has 7 heteroatoms. The number of rotatable bonds is 6. The summed E-state index contributed by atoms with van der Waals surface area (Å²) in [5, 5.41) is 9.39. The zero-order valence-corrected chi connectivity index (χ0v) is 37.6. The lowest BCUT2D eigenvalue weighted by Crippen LogP contribution is -2.07. The lowest BCUT2D eigenvalue weighted by molar-refractivity contribution is 0.953. The Morgan fingerprint density at radius 1 is 0.229 bits per heavy atom. The van der Waals surface area contributed by atoms with E-state index in [-0.39, 0.29) is 0 Å². The second-order valence-corrected chi connectivity index (χ2v) is 18.0. The summed E-state index contributed by atoms with van der Waals surface area (Å²) < 4.78 is 9.43. The Morgan fingerprint density at radius 2 is 0.629 bits per heavy atom. The normalized spacial score (nSPS) is 12.0. The molecule has 5 heterocycles. The first kappa shape index (κ1) is 38.5. The van der Waals surface area contributed by atoms with Gasteiger partial charge in [0.05, 0.1) is 44.1 Å². The highest BCUT2D eigenvalue weighted by Crippen LogP contribution is 2.43. The van der Waals surface area contributed by atoms with E-state index in [2.05, 4.69) is 237 Å². The summed E-state index contributed by atoms with van der Waals surface area (Å²) in [7, 11) is 0. The Hall–Kier alpha value is -9.59. The molecular weight excluding hydrogens is 855 g/mol. The third-order valence-corrected chi connectivity index (χ3v) is 14.2. The average molecular weight is 894 g/mol. The minimum atomic E-state index is 0.535. The molecule has 5 aromatic heterocycles. The number of hydrogen-bond acceptors (Lipinski definition) is 3. The van der Waals surface area contributed by atoms with Crippen molar-refractivity contribution < 1.29 is 0 Å². The van der Waals surface area contributed by atoms with E-state index in [0.717, 1.165) is 88.5 Å². The second-order valence-electron chi connectivity index (χ2n) is 18.0. The maximum Gasteiger partial charge on any atom is 0.238 e. The Labute approximate surface area is 401 Å². The quantitative estimate of drug-likeness (QED) is 0.167. The van der Waals surface area contributed by atoms with Crippen molar-refractivity contribution in [2.24, 2.45) is 0 Å². The minimum absolute atomic E-state index is 0.535. The van der Waals surface area contributed by atoms with E-state index in [1.807, 2.05) is 18.2 Å². The van der Waals surface area contributed by atoms with Gasteiger partial charge < -0.3 is 13.7 Å². The predicted molar refractivity (Wildman–Crippen MR) is 288 cm³/mol. The number of aromatic nitrogens is 7. The molecule has 0 saturated heterocycles. The topological polar surface area (TPSA) is 58.4 Å². The summed E-state index contributed by atoms with van der Waals surface area (Å²) >= 11 is 0. The fourth-order valence-corrected chi connectivity index (χ4v) is 11.2. The first-order valence-corrected chi connectivity index (χ1v) is 23.7. The van der Waals surface area contributed by atoms with Crippen LogP contribution in [0.1, 0.15) is 0 Å². The van der Waals surface area contributed by atoms with E-state index in [1.165, 1.54) is 26.9 Å². The van der Waals surface area contributed by atoms with Crippen molar-refractivity contribution in [3.8, 4) is 45.8 Å². The maximum absolute atomic E-state index is 5.55. The molecule has 0 aliphatic carbocycles. The largest absolute Gasteiger partial charge is 0.309 e. The first-order valence-electron chi connectivity index (χ1n) is 23.7. The van der Waals surface area contributed by atoms with Crippen LogP contribution < -0.4 is 0 Å². The standard InChI is InChI=1S/C63H39N7/c1-3-18-40(19-4-1)61-64-62(41-20-17-23-43(38-41)67-53-29-12-7-24-45(53)46-25-8-13-30-54(46)67)66-63(65-61)70-58-37-34-44(68-55-31-14-9-26-47(55)48-27-10-15-32-56(48)68)39-52(58)51-36-35-50-49-28-11-16-33-57(49)69(59(50)60(51)70)42-21-5-2-6-22-42/h1-39H. The summed E-state index contributed by atoms with van der Waals surface area (Å²) in [6, 6.07) is 84.3. The molecule has 0 aliphatic heterocycles. The van der Waals surface area contributed by atoms with Crippen LogP contribution in [0, 0.1) is 0 Å². The van der Waals surface area contributed by atoms with Crippen LogP contribution in [0.25, 0.3) is 133 Å². The molecule has 0 saturated carbocycles. The molecule has 0 spiro atoms. The predicted octanol–water partition coefficient (Wildman–Crippen LogP) is 15.6. The van der Waals surface area contributed by atoms with Crippen LogP contribution in [0.5, 0.6) is 0 Å². The highest BCUT2D eigenvalue weighted by atomic mass is 15.2. The smallest absolute Gasteiger partial charge is 0.238 e. The molecule has 0 bridgehead atoms. The fourth-order valence-electron chi connectivity index (χ4n) is 11.2. The lowest BCUT2D eigenvalue weighted by atomic mass is 10.1. The second kappa shape index (κ2) is 15.0. The SMILES string of the molecule is c1ccc(-c2nc(-c3cccc(-n4c5ccccc5c5ccccc54)c3)nc(-n3c4ccc(-n5c6ccccc6c6ccccc65)cc4c4ccc5c6ccccc6n(-c6ccccc6)c5c43)n2)cc1. The molecule has 0 fully saturated rings. The number of benzene rings is 10. The zero-order valence-electron chi connectivity index (χ0n) is 37.6. The fraction of sp³-hybridized carbons (Fsp3) is 0. The molecule has 0 aliphatic rings. The molecular formula is C63H39N7. The maximum atomic E-state index is 5.55. The number of hydrogen-bond donors (Lipinski definition) is 0. The minimum Gasteiger partial charge on any atom is -0.309 e. The van der Waals surface area contributed by atoms with E-state index in [1.54, 1.807) is 0 Å². The van der Waals surface area contributed by atoms with E-state index in [4.69, 9.17) is 15.0 Å². The van der Waals surface area contributed by atoms with Crippen LogP contribution in [0.15, 0.2) is 237 Å². The van der Waals surface area contributed by atoms with Gasteiger partial charge in [-0.2, -0.15) is 9.97 Å². The van der Waals surface area contributed by atoms with Gasteiger partial charge in [0.1, 0.15) is 0 Å². The first-order chi connectivity index (χ1) is 34.7. The van der Waals surface area contributed by atoms with Gasteiger partial charge in [-0.15, -0.1) is 0 Å². The Bertz CT molecular complexity index is 4490. The molecule has 0 N–H and O–H groups in total. The molecule has 326 valence electrons. The van der Waals surface area contributed by atoms with Gasteiger partial charge in [0.2, 0.25) is 5.95 Å². The van der Waals surface area contributed by atoms with Crippen molar-refractivity contribution in [3.63, 3.8) is 0 Å². The van der Waals surface area contributed by atoms with E-state index in [9.17, 15) is 0 Å². The molecule has 0 atom stereocenters. The van der Waals surface area contributed by atoms with Gasteiger partial charge in [-0.3, -0.25) is 4.57 Å². The van der Waals surface area contributed by atoms with Crippen molar-refractivity contribution in [2.45, 2.75) is 0 Å². The van der Waals surface area contributed by atoms with Gasteiger partial charge in [0.25, 0.3) is 0 Å². The zero-order chi connectivity index (χ0) is 45.9. The van der Waals surface area contributed by atoms with Crippen molar-refractivity contribution in [1.82, 2.24) is 33.2 Å². The van der Waals surface area contributed by atoms with Crippen LogP contribution in [-0.4, -0.2) is 33.2 Å². The number of fused-ring (bicyclic) bond motifs is 13. The highest BCUT2D eigenvalue weighted by molar-refractivity contribution is 6.24. The van der Waals surface area contributed by atoms with E-state index < -0.39 is 0 Å². The third-order valence-electron chi connectivity index (χ3n) is 14.2. The Balaban J connectivity index is 1.05. The van der Waals surface area contributed by atoms with Gasteiger partial charge in [0.15, 0.2) is 11.6 Å². The van der Waals surface area contributed by atoms with Crippen molar-refractivity contribution in [3.05, 3.63) is 237 Å². The molecule has 7 nitrogen and oxygen atoms in total. The van der Waals surface area contributed by atoms with Crippen molar-refractivity contribution >= 4 is 87.2 Å². The van der Waals surface area contributed by atoms with Crippen LogP contribution in [0.3, 0.4) is 0 Å². The molecule has 10 aromatic carbocycles. The van der Waals surface area contributed by atoms with Crippen LogP contribution in [0.2, 0.25) is 0 Å².